The summed E-state index contributed by atoms with van der Waals surface area (Å²) in [6.45, 7) is 10.3. The minimum absolute atomic E-state index is 0.309. The first kappa shape index (κ1) is 26.7. The Morgan fingerprint density at radius 1 is 1.11 bits per heavy atom. The molecule has 0 aliphatic carbocycles. The molecule has 0 amide bonds. The fraction of sp³-hybridized carbons (Fsp3) is 0.387. The van der Waals surface area contributed by atoms with E-state index in [9.17, 15) is 4.79 Å². The zero-order chi connectivity index (χ0) is 26.7. The van der Waals surface area contributed by atoms with Gasteiger partial charge in [0.2, 0.25) is 0 Å². The van der Waals surface area contributed by atoms with E-state index < -0.39 is 23.5 Å². The van der Waals surface area contributed by atoms with Gasteiger partial charge in [0.1, 0.15) is 12.4 Å². The van der Waals surface area contributed by atoms with Crippen LogP contribution in [0.15, 0.2) is 48.5 Å². The van der Waals surface area contributed by atoms with Crippen LogP contribution in [0, 0.1) is 19.7 Å². The molecule has 0 radical (unpaired) electrons. The third kappa shape index (κ3) is 5.80. The molecule has 0 unspecified atom stereocenters. The summed E-state index contributed by atoms with van der Waals surface area (Å²) < 4.78 is 38.9. The van der Waals surface area contributed by atoms with Crippen molar-refractivity contribution in [1.82, 2.24) is 0 Å². The van der Waals surface area contributed by atoms with Crippen LogP contribution in [-0.4, -0.2) is 25.3 Å². The number of hydrogen-bond acceptors (Lipinski definition) is 5. The number of carbonyl (C=O) groups excluding carboxylic acids is 1. The zero-order valence-corrected chi connectivity index (χ0v) is 22.4. The molecule has 0 saturated carbocycles. The lowest BCUT2D eigenvalue weighted by atomic mass is 9.86. The smallest absolute Gasteiger partial charge is 0.339 e. The molecule has 3 aromatic rings. The summed E-state index contributed by atoms with van der Waals surface area (Å²) in [5, 5.41) is 0. The summed E-state index contributed by atoms with van der Waals surface area (Å²) in [6.07, 6.45) is 0.494. The highest BCUT2D eigenvalue weighted by Crippen LogP contribution is 2.46. The van der Waals surface area contributed by atoms with Gasteiger partial charge in [-0.15, -0.1) is 0 Å². The van der Waals surface area contributed by atoms with E-state index in [1.165, 1.54) is 13.2 Å². The highest BCUT2D eigenvalue weighted by molar-refractivity contribution is 5.86. The number of benzene rings is 3. The van der Waals surface area contributed by atoms with Crippen LogP contribution >= 0.6 is 0 Å². The van der Waals surface area contributed by atoms with Crippen LogP contribution in [0.3, 0.4) is 0 Å². The number of aryl methyl sites for hydroxylation is 1. The van der Waals surface area contributed by atoms with Crippen LogP contribution in [0.5, 0.6) is 11.5 Å². The number of halogens is 1. The first-order valence-electron chi connectivity index (χ1n) is 12.6. The largest absolute Gasteiger partial charge is 0.490 e. The topological polar surface area (TPSA) is 54.0 Å². The lowest BCUT2D eigenvalue weighted by Crippen LogP contribution is -2.29. The minimum Gasteiger partial charge on any atom is -0.490 e. The molecule has 6 heteroatoms. The van der Waals surface area contributed by atoms with Crippen LogP contribution in [0.2, 0.25) is 0 Å². The molecule has 3 aromatic carbocycles. The van der Waals surface area contributed by atoms with E-state index in [1.54, 1.807) is 0 Å². The number of hydrogen-bond donors (Lipinski definition) is 0. The molecule has 196 valence electrons. The average Bonchev–Trinajstić information content (AvgIpc) is 2.88. The summed E-state index contributed by atoms with van der Waals surface area (Å²) in [5.41, 5.74) is 4.78. The zero-order valence-electron chi connectivity index (χ0n) is 22.4. The highest BCUT2D eigenvalue weighted by Gasteiger charge is 2.34. The van der Waals surface area contributed by atoms with Crippen LogP contribution in [0.25, 0.3) is 11.1 Å². The number of carbonyl (C=O) groups is 1. The van der Waals surface area contributed by atoms with E-state index >= 15 is 4.39 Å². The molecule has 0 aromatic heterocycles. The van der Waals surface area contributed by atoms with Gasteiger partial charge in [-0.2, -0.15) is 0 Å². The molecule has 0 bridgehead atoms. The highest BCUT2D eigenvalue weighted by atomic mass is 19.1. The third-order valence-corrected chi connectivity index (χ3v) is 6.52. The second kappa shape index (κ2) is 10.9. The van der Waals surface area contributed by atoms with Gasteiger partial charge in [-0.25, -0.2) is 9.18 Å². The Bertz CT molecular complexity index is 1280. The summed E-state index contributed by atoms with van der Waals surface area (Å²) >= 11 is 0. The van der Waals surface area contributed by atoms with Gasteiger partial charge >= 0.3 is 5.97 Å². The Kier molecular flexibility index (Phi) is 7.88. The second-order valence-electron chi connectivity index (χ2n) is 10.4. The summed E-state index contributed by atoms with van der Waals surface area (Å²) in [6, 6.07) is 15.1. The molecular weight excluding hydrogens is 471 g/mol. The Hall–Kier alpha value is -3.38. The van der Waals surface area contributed by atoms with E-state index in [-0.39, 0.29) is 0 Å². The molecule has 0 spiro atoms. The Balaban J connectivity index is 1.97. The molecular formula is C31H35FO5. The Morgan fingerprint density at radius 3 is 2.51 bits per heavy atom. The number of fused-ring (bicyclic) bond motifs is 1. The van der Waals surface area contributed by atoms with E-state index in [4.69, 9.17) is 18.9 Å². The van der Waals surface area contributed by atoms with Crippen LogP contribution in [0.1, 0.15) is 61.1 Å². The van der Waals surface area contributed by atoms with Gasteiger partial charge in [0.15, 0.2) is 17.7 Å². The van der Waals surface area contributed by atoms with Crippen molar-refractivity contribution in [3.8, 4) is 22.6 Å². The maximum absolute atomic E-state index is 15.4. The maximum atomic E-state index is 15.4. The van der Waals surface area contributed by atoms with Crippen molar-refractivity contribution in [2.75, 3.05) is 13.7 Å². The summed E-state index contributed by atoms with van der Waals surface area (Å²) in [4.78, 5) is 13.1. The number of methoxy groups -OCH3 is 1. The van der Waals surface area contributed by atoms with E-state index in [0.29, 0.717) is 47.8 Å². The van der Waals surface area contributed by atoms with Gasteiger partial charge in [-0.1, -0.05) is 36.4 Å². The minimum atomic E-state index is -1.03. The van der Waals surface area contributed by atoms with Gasteiger partial charge in [0, 0.05) is 16.7 Å². The molecule has 1 aliphatic heterocycles. The molecule has 1 heterocycles. The first-order valence-corrected chi connectivity index (χ1v) is 12.6. The van der Waals surface area contributed by atoms with E-state index in [2.05, 4.69) is 0 Å². The molecule has 1 aliphatic rings. The van der Waals surface area contributed by atoms with Crippen molar-refractivity contribution in [2.45, 2.75) is 65.8 Å². The van der Waals surface area contributed by atoms with Crippen LogP contribution in [0.4, 0.5) is 4.39 Å². The lowest BCUT2D eigenvalue weighted by molar-refractivity contribution is -0.164. The Labute approximate surface area is 218 Å². The van der Waals surface area contributed by atoms with Crippen molar-refractivity contribution >= 4 is 5.97 Å². The predicted molar refractivity (Wildman–Crippen MR) is 141 cm³/mol. The predicted octanol–water partition coefficient (Wildman–Crippen LogP) is 7.04. The van der Waals surface area contributed by atoms with Gasteiger partial charge < -0.3 is 18.9 Å². The number of esters is 1. The SMILES string of the molecule is COC(=O)[C@@H](OC(C)(C)C)c1c(C)ccc(OCc2ccccc2)c1-c1cc(F)c2c(c1C)CCCO2. The molecule has 1 atom stereocenters. The number of ether oxygens (including phenoxy) is 4. The molecule has 0 saturated heterocycles. The number of rotatable bonds is 7. The average molecular weight is 507 g/mol. The first-order chi connectivity index (χ1) is 17.6. The van der Waals surface area contributed by atoms with Crippen molar-refractivity contribution in [3.63, 3.8) is 0 Å². The van der Waals surface area contributed by atoms with Crippen LogP contribution < -0.4 is 9.47 Å². The van der Waals surface area contributed by atoms with Crippen molar-refractivity contribution in [1.29, 1.82) is 0 Å². The summed E-state index contributed by atoms with van der Waals surface area (Å²) in [7, 11) is 1.34. The summed E-state index contributed by atoms with van der Waals surface area (Å²) in [5.74, 6) is -0.110. The lowest BCUT2D eigenvalue weighted by Gasteiger charge is -2.30. The quantitative estimate of drug-likeness (QED) is 0.322. The standard InChI is InChI=1S/C31H35FO5/c1-19-14-15-25(36-18-21-11-8-7-9-12-21)27(26(19)29(30(33)34-6)37-31(3,4)5)23-17-24(32)28-22(20(23)2)13-10-16-35-28/h7-9,11-12,14-15,17,29H,10,13,16,18H2,1-6H3/t29-/m0/s1. The normalized spacial score (nSPS) is 13.9. The van der Waals surface area contributed by atoms with Crippen molar-refractivity contribution in [3.05, 3.63) is 82.2 Å². The van der Waals surface area contributed by atoms with E-state index in [1.807, 2.05) is 77.1 Å². The second-order valence-corrected chi connectivity index (χ2v) is 10.4. The molecule has 5 nitrogen and oxygen atoms in total. The molecule has 0 N–H and O–H groups in total. The molecule has 4 rings (SSSR count). The van der Waals surface area contributed by atoms with E-state index in [0.717, 1.165) is 28.7 Å². The van der Waals surface area contributed by atoms with Crippen molar-refractivity contribution < 1.29 is 28.1 Å². The molecule has 0 fully saturated rings. The Morgan fingerprint density at radius 2 is 1.84 bits per heavy atom. The van der Waals surface area contributed by atoms with Gasteiger partial charge in [0.25, 0.3) is 0 Å². The van der Waals surface area contributed by atoms with Gasteiger partial charge in [-0.05, 0) is 81.8 Å². The van der Waals surface area contributed by atoms with Gasteiger partial charge in [0.05, 0.1) is 19.3 Å². The monoisotopic (exact) mass is 506 g/mol. The van der Waals surface area contributed by atoms with Gasteiger partial charge in [-0.3, -0.25) is 0 Å². The third-order valence-electron chi connectivity index (χ3n) is 6.52. The van der Waals surface area contributed by atoms with Crippen molar-refractivity contribution in [2.24, 2.45) is 0 Å². The fourth-order valence-electron chi connectivity index (χ4n) is 4.78. The molecule has 37 heavy (non-hydrogen) atoms. The fourth-order valence-corrected chi connectivity index (χ4v) is 4.78. The van der Waals surface area contributed by atoms with Crippen LogP contribution in [-0.2, 0) is 27.3 Å². The maximum Gasteiger partial charge on any atom is 0.339 e.